The van der Waals surface area contributed by atoms with Gasteiger partial charge in [-0.15, -0.1) is 0 Å². The molecule has 0 unspecified atom stereocenters. The molecule has 0 atom stereocenters. The van der Waals surface area contributed by atoms with Crippen molar-refractivity contribution in [2.75, 3.05) is 0 Å². The number of carbonyl (C=O) groups excluding carboxylic acids is 1. The Balaban J connectivity index is 3.95. The maximum Gasteiger partial charge on any atom is 0.241 e. The van der Waals surface area contributed by atoms with Crippen molar-refractivity contribution in [3.05, 3.63) is 11.2 Å². The number of rotatable bonds is 3. The highest BCUT2D eigenvalue weighted by Gasteiger charge is 2.15. The van der Waals surface area contributed by atoms with Crippen LogP contribution in [-0.4, -0.2) is 13.4 Å². The molecule has 0 aromatic carbocycles. The molecule has 0 amide bonds. The molecule has 0 aliphatic heterocycles. The van der Waals surface area contributed by atoms with E-state index in [0.29, 0.717) is 0 Å². The molecule has 4 heteroatoms. The van der Waals surface area contributed by atoms with Crippen molar-refractivity contribution in [3.8, 4) is 0 Å². The van der Waals surface area contributed by atoms with E-state index in [-0.39, 0.29) is 5.12 Å². The average Bonchev–Trinajstić information content (AvgIpc) is 1.79. The van der Waals surface area contributed by atoms with Gasteiger partial charge in [0.25, 0.3) is 0 Å². The molecule has 2 nitrogen and oxygen atoms in total. The summed E-state index contributed by atoms with van der Waals surface area (Å²) >= 11 is 1.18. The molecule has 0 heterocycles. The first kappa shape index (κ1) is 11.8. The zero-order valence-corrected chi connectivity index (χ0v) is 10.1. The molecule has 70 valence electrons. The van der Waals surface area contributed by atoms with Crippen molar-refractivity contribution in [2.24, 2.45) is 0 Å². The first-order valence-electron chi connectivity index (χ1n) is 3.84. The van der Waals surface area contributed by atoms with Gasteiger partial charge < -0.3 is 4.43 Å². The largest absolute Gasteiger partial charge is 0.547 e. The van der Waals surface area contributed by atoms with Gasteiger partial charge in [-0.05, 0) is 26.6 Å². The van der Waals surface area contributed by atoms with Gasteiger partial charge >= 0.3 is 0 Å². The molecule has 0 aromatic heterocycles. The minimum absolute atomic E-state index is 0.0912. The third-order valence-electron chi connectivity index (χ3n) is 0.858. The maximum atomic E-state index is 10.6. The second-order valence-electron chi connectivity index (χ2n) is 3.55. The fraction of sp³-hybridized carbons (Fsp3) is 0.625. The Labute approximate surface area is 79.5 Å². The number of thioether (sulfide) groups is 1. The standard InChI is InChI=1S/C8H16O2SSi/c1-7(6-11-8(2)9)10-12(3,4)5/h6H,1-5H3. The zero-order chi connectivity index (χ0) is 9.78. The molecule has 0 N–H and O–H groups in total. The lowest BCUT2D eigenvalue weighted by molar-refractivity contribution is -0.109. The molecule has 12 heavy (non-hydrogen) atoms. The molecular formula is C8H16O2SSi. The summed E-state index contributed by atoms with van der Waals surface area (Å²) in [6.45, 7) is 9.77. The van der Waals surface area contributed by atoms with Crippen molar-refractivity contribution < 1.29 is 9.22 Å². The van der Waals surface area contributed by atoms with Crippen LogP contribution in [-0.2, 0) is 9.22 Å². The lowest BCUT2D eigenvalue weighted by atomic mass is 10.7. The van der Waals surface area contributed by atoms with E-state index in [1.54, 1.807) is 12.3 Å². The van der Waals surface area contributed by atoms with Crippen LogP contribution in [0.2, 0.25) is 19.6 Å². The highest BCUT2D eigenvalue weighted by atomic mass is 32.2. The van der Waals surface area contributed by atoms with Crippen LogP contribution in [0, 0.1) is 0 Å². The highest BCUT2D eigenvalue weighted by molar-refractivity contribution is 8.16. The van der Waals surface area contributed by atoms with Gasteiger partial charge in [-0.2, -0.15) is 0 Å². The lowest BCUT2D eigenvalue weighted by Crippen LogP contribution is -2.23. The van der Waals surface area contributed by atoms with E-state index in [2.05, 4.69) is 19.6 Å². The van der Waals surface area contributed by atoms with Gasteiger partial charge in [-0.1, -0.05) is 11.8 Å². The Morgan fingerprint density at radius 1 is 1.33 bits per heavy atom. The van der Waals surface area contributed by atoms with Gasteiger partial charge in [0, 0.05) is 12.3 Å². The molecule has 0 aliphatic rings. The third-order valence-corrected chi connectivity index (χ3v) is 2.57. The predicted octanol–water partition coefficient (Wildman–Crippen LogP) is 2.98. The fourth-order valence-electron chi connectivity index (χ4n) is 0.673. The zero-order valence-electron chi connectivity index (χ0n) is 8.30. The fourth-order valence-corrected chi connectivity index (χ4v) is 2.16. The minimum atomic E-state index is -1.49. The van der Waals surface area contributed by atoms with Crippen LogP contribution >= 0.6 is 11.8 Å². The molecule has 0 saturated heterocycles. The third kappa shape index (κ3) is 7.88. The summed E-state index contributed by atoms with van der Waals surface area (Å²) in [7, 11) is -1.49. The summed E-state index contributed by atoms with van der Waals surface area (Å²) in [4.78, 5) is 10.6. The number of hydrogen-bond acceptors (Lipinski definition) is 3. The predicted molar refractivity (Wildman–Crippen MR) is 56.5 cm³/mol. The smallest absolute Gasteiger partial charge is 0.241 e. The second kappa shape index (κ2) is 4.72. The molecule has 0 rings (SSSR count). The first-order chi connectivity index (χ1) is 5.31. The molecule has 0 bridgehead atoms. The molecule has 0 aliphatic carbocycles. The summed E-state index contributed by atoms with van der Waals surface area (Å²) in [5.41, 5.74) is 0. The van der Waals surface area contributed by atoms with E-state index < -0.39 is 8.32 Å². The van der Waals surface area contributed by atoms with Crippen LogP contribution in [0.5, 0.6) is 0 Å². The van der Waals surface area contributed by atoms with Gasteiger partial charge in [0.05, 0.1) is 5.76 Å². The lowest BCUT2D eigenvalue weighted by Gasteiger charge is -2.19. The van der Waals surface area contributed by atoms with E-state index in [4.69, 9.17) is 4.43 Å². The highest BCUT2D eigenvalue weighted by Crippen LogP contribution is 2.14. The topological polar surface area (TPSA) is 26.3 Å². The Hall–Kier alpha value is -0.223. The van der Waals surface area contributed by atoms with Gasteiger partial charge in [-0.25, -0.2) is 0 Å². The van der Waals surface area contributed by atoms with Gasteiger partial charge in [0.2, 0.25) is 8.32 Å². The normalized spacial score (nSPS) is 12.9. The number of carbonyl (C=O) groups is 1. The van der Waals surface area contributed by atoms with Crippen molar-refractivity contribution >= 4 is 25.2 Å². The summed E-state index contributed by atoms with van der Waals surface area (Å²) < 4.78 is 5.62. The minimum Gasteiger partial charge on any atom is -0.547 e. The molecule has 0 spiro atoms. The van der Waals surface area contributed by atoms with Crippen LogP contribution < -0.4 is 0 Å². The maximum absolute atomic E-state index is 10.6. The van der Waals surface area contributed by atoms with E-state index in [1.807, 2.05) is 6.92 Å². The van der Waals surface area contributed by atoms with Crippen LogP contribution in [0.15, 0.2) is 11.2 Å². The summed E-state index contributed by atoms with van der Waals surface area (Å²) in [5.74, 6) is 0.842. The number of allylic oxidation sites excluding steroid dienone is 1. The van der Waals surface area contributed by atoms with E-state index in [9.17, 15) is 4.79 Å². The summed E-state index contributed by atoms with van der Waals surface area (Å²) in [6.07, 6.45) is 0. The molecule has 0 saturated carbocycles. The van der Waals surface area contributed by atoms with Crippen LogP contribution in [0.25, 0.3) is 0 Å². The van der Waals surface area contributed by atoms with Crippen molar-refractivity contribution in [3.63, 3.8) is 0 Å². The van der Waals surface area contributed by atoms with E-state index in [1.165, 1.54) is 11.8 Å². The Morgan fingerprint density at radius 3 is 2.17 bits per heavy atom. The van der Waals surface area contributed by atoms with Gasteiger partial charge in [0.15, 0.2) is 5.12 Å². The van der Waals surface area contributed by atoms with Crippen LogP contribution in [0.3, 0.4) is 0 Å². The quantitative estimate of drug-likeness (QED) is 0.522. The number of hydrogen-bond donors (Lipinski definition) is 0. The van der Waals surface area contributed by atoms with Gasteiger partial charge in [0.1, 0.15) is 0 Å². The Morgan fingerprint density at radius 2 is 1.83 bits per heavy atom. The van der Waals surface area contributed by atoms with E-state index >= 15 is 0 Å². The molecule has 0 aromatic rings. The first-order valence-corrected chi connectivity index (χ1v) is 8.13. The SMILES string of the molecule is CC(=O)SC=C(C)O[Si](C)(C)C. The average molecular weight is 204 g/mol. The van der Waals surface area contributed by atoms with Crippen molar-refractivity contribution in [1.82, 2.24) is 0 Å². The van der Waals surface area contributed by atoms with Crippen molar-refractivity contribution in [1.29, 1.82) is 0 Å². The monoisotopic (exact) mass is 204 g/mol. The Kier molecular flexibility index (Phi) is 4.63. The molecule has 0 radical (unpaired) electrons. The summed E-state index contributed by atoms with van der Waals surface area (Å²) in [6, 6.07) is 0. The summed E-state index contributed by atoms with van der Waals surface area (Å²) in [5, 5.41) is 1.86. The molecular weight excluding hydrogens is 188 g/mol. The van der Waals surface area contributed by atoms with Crippen LogP contribution in [0.4, 0.5) is 0 Å². The van der Waals surface area contributed by atoms with Crippen molar-refractivity contribution in [2.45, 2.75) is 33.5 Å². The molecule has 0 fully saturated rings. The van der Waals surface area contributed by atoms with Crippen LogP contribution in [0.1, 0.15) is 13.8 Å². The Bertz CT molecular complexity index is 194. The van der Waals surface area contributed by atoms with E-state index in [0.717, 1.165) is 5.76 Å². The second-order valence-corrected chi connectivity index (χ2v) is 9.03. The van der Waals surface area contributed by atoms with Gasteiger partial charge in [-0.3, -0.25) is 4.79 Å².